The molecule has 1 aliphatic rings. The van der Waals surface area contributed by atoms with E-state index >= 15 is 0 Å². The average Bonchev–Trinajstić information content (AvgIpc) is 3.47. The third-order valence-corrected chi connectivity index (χ3v) is 7.39. The van der Waals surface area contributed by atoms with E-state index in [0.717, 1.165) is 17.1 Å². The predicted molar refractivity (Wildman–Crippen MR) is 132 cm³/mol. The topological polar surface area (TPSA) is 91.8 Å². The smallest absolute Gasteiger partial charge is 0.328 e. The van der Waals surface area contributed by atoms with Crippen LogP contribution in [0.25, 0.3) is 0 Å². The van der Waals surface area contributed by atoms with Crippen molar-refractivity contribution < 1.29 is 19.1 Å². The molecule has 1 heterocycles. The number of thioether (sulfide) groups is 1. The number of hydrogen-bond donors (Lipinski definition) is 1. The Balaban J connectivity index is 1.73. The van der Waals surface area contributed by atoms with E-state index in [9.17, 15) is 14.4 Å². The number of rotatable bonds is 9. The quantitative estimate of drug-likeness (QED) is 0.404. The molecule has 0 atom stereocenters. The van der Waals surface area contributed by atoms with Crippen LogP contribution in [0.3, 0.4) is 0 Å². The van der Waals surface area contributed by atoms with Crippen LogP contribution in [0.15, 0.2) is 34.7 Å². The van der Waals surface area contributed by atoms with Gasteiger partial charge in [-0.1, -0.05) is 30.2 Å². The van der Waals surface area contributed by atoms with Crippen molar-refractivity contribution in [2.24, 2.45) is 5.92 Å². The molecule has 1 saturated carbocycles. The summed E-state index contributed by atoms with van der Waals surface area (Å²) in [4.78, 5) is 44.8. The summed E-state index contributed by atoms with van der Waals surface area (Å²) in [6, 6.07) is 6.88. The summed E-state index contributed by atoms with van der Waals surface area (Å²) >= 11 is 2.64. The zero-order chi connectivity index (χ0) is 23.8. The third-order valence-electron chi connectivity index (χ3n) is 5.31. The van der Waals surface area contributed by atoms with E-state index in [1.807, 2.05) is 6.07 Å². The molecule has 1 aromatic carbocycles. The maximum atomic E-state index is 13.3. The number of esters is 1. The lowest BCUT2D eigenvalue weighted by molar-refractivity contribution is -0.139. The van der Waals surface area contributed by atoms with Gasteiger partial charge in [0.2, 0.25) is 0 Å². The Morgan fingerprint density at radius 2 is 2.00 bits per heavy atom. The second kappa shape index (κ2) is 12.0. The molecule has 0 bridgehead atoms. The lowest BCUT2D eigenvalue weighted by Crippen LogP contribution is -2.38. The third kappa shape index (κ3) is 7.20. The van der Waals surface area contributed by atoms with Crippen molar-refractivity contribution in [3.63, 3.8) is 0 Å². The van der Waals surface area contributed by atoms with Crippen molar-refractivity contribution in [2.75, 3.05) is 43.2 Å². The molecule has 0 aliphatic heterocycles. The van der Waals surface area contributed by atoms with Gasteiger partial charge in [0.1, 0.15) is 0 Å². The fourth-order valence-corrected chi connectivity index (χ4v) is 5.36. The summed E-state index contributed by atoms with van der Waals surface area (Å²) in [5.74, 6) is 0.234. The molecule has 8 nitrogen and oxygen atoms in total. The summed E-state index contributed by atoms with van der Waals surface area (Å²) in [5.41, 5.74) is 1.22. The molecule has 1 aliphatic carbocycles. The van der Waals surface area contributed by atoms with Gasteiger partial charge in [-0.3, -0.25) is 19.8 Å². The highest BCUT2D eigenvalue weighted by Gasteiger charge is 2.25. The van der Waals surface area contributed by atoms with Crippen LogP contribution in [-0.4, -0.2) is 60.8 Å². The summed E-state index contributed by atoms with van der Waals surface area (Å²) < 4.78 is 5.76. The Hall–Kier alpha value is -2.59. The lowest BCUT2D eigenvalue weighted by atomic mass is 10.1. The van der Waals surface area contributed by atoms with Crippen LogP contribution in [0.2, 0.25) is 0 Å². The van der Waals surface area contributed by atoms with E-state index < -0.39 is 0 Å². The van der Waals surface area contributed by atoms with Crippen molar-refractivity contribution in [1.29, 1.82) is 0 Å². The van der Waals surface area contributed by atoms with Gasteiger partial charge < -0.3 is 9.64 Å². The SMILES string of the molecule is CCOC(=O)CSc1cnc(NC(=O)N(CC2CCCC2)c2cccc(C(=O)N(C)C)c2)s1. The molecule has 178 valence electrons. The fourth-order valence-electron chi connectivity index (χ4n) is 3.70. The van der Waals surface area contributed by atoms with E-state index in [1.54, 1.807) is 50.3 Å². The first-order chi connectivity index (χ1) is 15.9. The zero-order valence-electron chi connectivity index (χ0n) is 19.2. The van der Waals surface area contributed by atoms with Crippen molar-refractivity contribution in [3.8, 4) is 0 Å². The van der Waals surface area contributed by atoms with Crippen molar-refractivity contribution in [1.82, 2.24) is 9.88 Å². The summed E-state index contributed by atoms with van der Waals surface area (Å²) in [5, 5.41) is 3.35. The van der Waals surface area contributed by atoms with Crippen LogP contribution in [0.1, 0.15) is 43.0 Å². The molecular formula is C23H30N4O4S2. The van der Waals surface area contributed by atoms with Crippen LogP contribution in [-0.2, 0) is 9.53 Å². The predicted octanol–water partition coefficient (Wildman–Crippen LogP) is 4.73. The molecule has 1 aromatic heterocycles. The molecule has 3 rings (SSSR count). The van der Waals surface area contributed by atoms with Crippen molar-refractivity contribution >= 4 is 51.8 Å². The summed E-state index contributed by atoms with van der Waals surface area (Å²) in [6.45, 7) is 2.70. The monoisotopic (exact) mass is 490 g/mol. The minimum atomic E-state index is -0.285. The van der Waals surface area contributed by atoms with Gasteiger partial charge in [-0.2, -0.15) is 0 Å². The lowest BCUT2D eigenvalue weighted by Gasteiger charge is -2.26. The number of ether oxygens (including phenoxy) is 1. The minimum absolute atomic E-state index is 0.110. The molecule has 0 unspecified atom stereocenters. The molecular weight excluding hydrogens is 460 g/mol. The number of aromatic nitrogens is 1. The number of nitrogens with one attached hydrogen (secondary N) is 1. The number of anilines is 2. The van der Waals surface area contributed by atoms with E-state index in [0.29, 0.717) is 35.5 Å². The highest BCUT2D eigenvalue weighted by atomic mass is 32.2. The Morgan fingerprint density at radius 3 is 2.70 bits per heavy atom. The molecule has 1 fully saturated rings. The summed E-state index contributed by atoms with van der Waals surface area (Å²) in [6.07, 6.45) is 6.17. The van der Waals surface area contributed by atoms with E-state index in [4.69, 9.17) is 4.74 Å². The molecule has 0 saturated heterocycles. The van der Waals surface area contributed by atoms with Gasteiger partial charge in [0.05, 0.1) is 22.8 Å². The molecule has 3 amide bonds. The second-order valence-corrected chi connectivity index (χ2v) is 10.3. The highest BCUT2D eigenvalue weighted by molar-refractivity contribution is 8.01. The van der Waals surface area contributed by atoms with Gasteiger partial charge in [0.15, 0.2) is 5.13 Å². The average molecular weight is 491 g/mol. The van der Waals surface area contributed by atoms with Crippen molar-refractivity contribution in [2.45, 2.75) is 36.8 Å². The van der Waals surface area contributed by atoms with Gasteiger partial charge in [-0.25, -0.2) is 9.78 Å². The Morgan fingerprint density at radius 1 is 1.24 bits per heavy atom. The first-order valence-corrected chi connectivity index (χ1v) is 12.8. The highest BCUT2D eigenvalue weighted by Crippen LogP contribution is 2.31. The number of carbonyl (C=O) groups excluding carboxylic acids is 3. The maximum Gasteiger partial charge on any atom is 0.328 e. The molecule has 0 radical (unpaired) electrons. The van der Waals surface area contributed by atoms with Crippen molar-refractivity contribution in [3.05, 3.63) is 36.0 Å². The summed E-state index contributed by atoms with van der Waals surface area (Å²) in [7, 11) is 3.41. The molecule has 1 N–H and O–H groups in total. The first-order valence-electron chi connectivity index (χ1n) is 11.0. The maximum absolute atomic E-state index is 13.3. The number of carbonyl (C=O) groups is 3. The minimum Gasteiger partial charge on any atom is -0.465 e. The van der Waals surface area contributed by atoms with Crippen LogP contribution in [0.5, 0.6) is 0 Å². The normalized spacial score (nSPS) is 13.5. The van der Waals surface area contributed by atoms with Gasteiger partial charge in [0, 0.05) is 31.9 Å². The second-order valence-electron chi connectivity index (χ2n) is 8.02. The molecule has 0 spiro atoms. The zero-order valence-corrected chi connectivity index (χ0v) is 20.8. The Labute approximate surface area is 202 Å². The van der Waals surface area contributed by atoms with Crippen LogP contribution in [0.4, 0.5) is 15.6 Å². The Kier molecular flexibility index (Phi) is 9.13. The number of urea groups is 1. The molecule has 10 heteroatoms. The van der Waals surface area contributed by atoms with Crippen LogP contribution in [0, 0.1) is 5.92 Å². The number of thiazole rings is 1. The Bertz CT molecular complexity index is 973. The van der Waals surface area contributed by atoms with E-state index in [-0.39, 0.29) is 23.7 Å². The standard InChI is InChI=1S/C23H30N4O4S2/c1-4-31-19(28)15-32-20-13-24-22(33-20)25-23(30)27(14-16-8-5-6-9-16)18-11-7-10-17(12-18)21(29)26(2)3/h7,10-13,16H,4-6,8-9,14-15H2,1-3H3,(H,24,25,30). The number of amides is 3. The number of benzene rings is 1. The molecule has 33 heavy (non-hydrogen) atoms. The van der Waals surface area contributed by atoms with E-state index in [1.165, 1.54) is 40.8 Å². The van der Waals surface area contributed by atoms with Gasteiger partial charge in [-0.05, 0) is 43.9 Å². The van der Waals surface area contributed by atoms with Gasteiger partial charge >= 0.3 is 12.0 Å². The number of hydrogen-bond acceptors (Lipinski definition) is 7. The number of nitrogens with zero attached hydrogens (tertiary/aromatic N) is 3. The van der Waals surface area contributed by atoms with Crippen LogP contribution < -0.4 is 10.2 Å². The van der Waals surface area contributed by atoms with Gasteiger partial charge in [0.25, 0.3) is 5.91 Å². The first kappa shape index (κ1) is 25.0. The van der Waals surface area contributed by atoms with E-state index in [2.05, 4.69) is 10.3 Å². The van der Waals surface area contributed by atoms with Crippen LogP contribution >= 0.6 is 23.1 Å². The fraction of sp³-hybridized carbons (Fsp3) is 0.478. The largest absolute Gasteiger partial charge is 0.465 e. The van der Waals surface area contributed by atoms with Gasteiger partial charge in [-0.15, -0.1) is 11.8 Å². The molecule has 2 aromatic rings.